The fourth-order valence-corrected chi connectivity index (χ4v) is 2.88. The molecule has 0 spiro atoms. The predicted octanol–water partition coefficient (Wildman–Crippen LogP) is 1.78. The van der Waals surface area contributed by atoms with E-state index in [1.807, 2.05) is 4.90 Å². The van der Waals surface area contributed by atoms with E-state index in [-0.39, 0.29) is 0 Å². The van der Waals surface area contributed by atoms with Crippen LogP contribution in [0.1, 0.15) is 44.9 Å². The molecule has 0 bridgehead atoms. The molecule has 92 valence electrons. The minimum atomic E-state index is 0.382. The quantitative estimate of drug-likeness (QED) is 0.792. The van der Waals surface area contributed by atoms with Crippen LogP contribution in [-0.4, -0.2) is 37.0 Å². The zero-order valence-corrected chi connectivity index (χ0v) is 10.2. The normalized spacial score (nSPS) is 23.4. The summed E-state index contributed by atoms with van der Waals surface area (Å²) in [5, 5.41) is 3.28. The van der Waals surface area contributed by atoms with Gasteiger partial charge in [0.15, 0.2) is 0 Å². The second-order valence-electron chi connectivity index (χ2n) is 5.17. The van der Waals surface area contributed by atoms with Crippen LogP contribution in [0.25, 0.3) is 0 Å². The second-order valence-corrected chi connectivity index (χ2v) is 5.17. The Morgan fingerprint density at radius 2 is 1.81 bits per heavy atom. The second kappa shape index (κ2) is 6.24. The van der Waals surface area contributed by atoms with E-state index in [0.29, 0.717) is 5.91 Å². The van der Waals surface area contributed by atoms with Crippen molar-refractivity contribution in [3.63, 3.8) is 0 Å². The molecule has 2 rings (SSSR count). The molecule has 0 aromatic carbocycles. The Balaban J connectivity index is 1.65. The van der Waals surface area contributed by atoms with E-state index in [0.717, 1.165) is 44.9 Å². The molecule has 3 nitrogen and oxygen atoms in total. The molecule has 0 radical (unpaired) electrons. The molecule has 0 unspecified atom stereocenters. The van der Waals surface area contributed by atoms with Gasteiger partial charge in [-0.2, -0.15) is 0 Å². The van der Waals surface area contributed by atoms with E-state index < -0.39 is 0 Å². The minimum absolute atomic E-state index is 0.382. The SMILES string of the molecule is O=C(CCC1CCCCC1)N1CCNCC1. The van der Waals surface area contributed by atoms with Crippen molar-refractivity contribution in [2.24, 2.45) is 5.92 Å². The average Bonchev–Trinajstić information content (AvgIpc) is 2.38. The van der Waals surface area contributed by atoms with Crippen LogP contribution in [0.2, 0.25) is 0 Å². The van der Waals surface area contributed by atoms with Gasteiger partial charge in [-0.3, -0.25) is 4.79 Å². The predicted molar refractivity (Wildman–Crippen MR) is 65.3 cm³/mol. The highest BCUT2D eigenvalue weighted by molar-refractivity contribution is 5.76. The molecular weight excluding hydrogens is 200 g/mol. The van der Waals surface area contributed by atoms with E-state index >= 15 is 0 Å². The number of hydrogen-bond donors (Lipinski definition) is 1. The van der Waals surface area contributed by atoms with Crippen LogP contribution in [0.15, 0.2) is 0 Å². The van der Waals surface area contributed by atoms with Crippen LogP contribution in [0.5, 0.6) is 0 Å². The maximum atomic E-state index is 11.9. The summed E-state index contributed by atoms with van der Waals surface area (Å²) >= 11 is 0. The van der Waals surface area contributed by atoms with E-state index in [1.54, 1.807) is 0 Å². The van der Waals surface area contributed by atoms with Gasteiger partial charge < -0.3 is 10.2 Å². The Morgan fingerprint density at radius 1 is 1.12 bits per heavy atom. The first kappa shape index (κ1) is 11.9. The number of carbonyl (C=O) groups excluding carboxylic acids is 1. The Bertz CT molecular complexity index is 218. The summed E-state index contributed by atoms with van der Waals surface area (Å²) in [5.41, 5.74) is 0. The number of rotatable bonds is 3. The Kier molecular flexibility index (Phi) is 4.64. The molecule has 0 aromatic heterocycles. The first-order valence-corrected chi connectivity index (χ1v) is 6.85. The van der Waals surface area contributed by atoms with Gasteiger partial charge in [-0.1, -0.05) is 32.1 Å². The summed E-state index contributed by atoms with van der Waals surface area (Å²) in [6.45, 7) is 3.75. The van der Waals surface area contributed by atoms with Crippen molar-refractivity contribution < 1.29 is 4.79 Å². The number of piperazine rings is 1. The largest absolute Gasteiger partial charge is 0.340 e. The van der Waals surface area contributed by atoms with Gasteiger partial charge in [0.25, 0.3) is 0 Å². The summed E-state index contributed by atoms with van der Waals surface area (Å²) in [5.74, 6) is 1.22. The topological polar surface area (TPSA) is 32.3 Å². The number of amides is 1. The van der Waals surface area contributed by atoms with E-state index in [2.05, 4.69) is 5.32 Å². The number of nitrogens with one attached hydrogen (secondary N) is 1. The molecule has 1 heterocycles. The van der Waals surface area contributed by atoms with Crippen molar-refractivity contribution in [2.45, 2.75) is 44.9 Å². The molecule has 1 aliphatic carbocycles. The third-order valence-electron chi connectivity index (χ3n) is 3.96. The number of carbonyl (C=O) groups is 1. The molecule has 3 heteroatoms. The van der Waals surface area contributed by atoms with Crippen LogP contribution in [-0.2, 0) is 4.79 Å². The minimum Gasteiger partial charge on any atom is -0.340 e. The Morgan fingerprint density at radius 3 is 2.50 bits per heavy atom. The van der Waals surface area contributed by atoms with Crippen molar-refractivity contribution >= 4 is 5.91 Å². The third-order valence-corrected chi connectivity index (χ3v) is 3.96. The molecule has 1 amide bonds. The smallest absolute Gasteiger partial charge is 0.222 e. The van der Waals surface area contributed by atoms with Crippen LogP contribution in [0.4, 0.5) is 0 Å². The molecule has 1 saturated heterocycles. The van der Waals surface area contributed by atoms with Crippen molar-refractivity contribution in [3.8, 4) is 0 Å². The highest BCUT2D eigenvalue weighted by Gasteiger charge is 2.19. The lowest BCUT2D eigenvalue weighted by atomic mass is 9.86. The summed E-state index contributed by atoms with van der Waals surface area (Å²) < 4.78 is 0. The monoisotopic (exact) mass is 224 g/mol. The molecule has 0 atom stereocenters. The fraction of sp³-hybridized carbons (Fsp3) is 0.923. The molecule has 1 N–H and O–H groups in total. The van der Waals surface area contributed by atoms with Crippen molar-refractivity contribution in [3.05, 3.63) is 0 Å². The molecule has 2 fully saturated rings. The van der Waals surface area contributed by atoms with Crippen LogP contribution < -0.4 is 5.32 Å². The zero-order chi connectivity index (χ0) is 11.2. The lowest BCUT2D eigenvalue weighted by molar-refractivity contribution is -0.132. The summed E-state index contributed by atoms with van der Waals surface area (Å²) in [6, 6.07) is 0. The van der Waals surface area contributed by atoms with E-state index in [4.69, 9.17) is 0 Å². The first-order valence-electron chi connectivity index (χ1n) is 6.85. The number of hydrogen-bond acceptors (Lipinski definition) is 2. The number of nitrogens with zero attached hydrogens (tertiary/aromatic N) is 1. The maximum absolute atomic E-state index is 11.9. The van der Waals surface area contributed by atoms with Gasteiger partial charge >= 0.3 is 0 Å². The zero-order valence-electron chi connectivity index (χ0n) is 10.2. The van der Waals surface area contributed by atoms with Gasteiger partial charge in [-0.25, -0.2) is 0 Å². The molecule has 16 heavy (non-hydrogen) atoms. The lowest BCUT2D eigenvalue weighted by Crippen LogP contribution is -2.46. The van der Waals surface area contributed by atoms with Gasteiger partial charge in [-0.05, 0) is 12.3 Å². The van der Waals surface area contributed by atoms with Crippen LogP contribution in [0, 0.1) is 5.92 Å². The van der Waals surface area contributed by atoms with Crippen LogP contribution in [0.3, 0.4) is 0 Å². The Hall–Kier alpha value is -0.570. The van der Waals surface area contributed by atoms with Gasteiger partial charge in [0.1, 0.15) is 0 Å². The molecule has 1 saturated carbocycles. The molecular formula is C13H24N2O. The third kappa shape index (κ3) is 3.48. The fourth-order valence-electron chi connectivity index (χ4n) is 2.88. The van der Waals surface area contributed by atoms with Gasteiger partial charge in [0.05, 0.1) is 0 Å². The van der Waals surface area contributed by atoms with Gasteiger partial charge in [0, 0.05) is 32.6 Å². The van der Waals surface area contributed by atoms with Crippen molar-refractivity contribution in [1.82, 2.24) is 10.2 Å². The highest BCUT2D eigenvalue weighted by atomic mass is 16.2. The van der Waals surface area contributed by atoms with Crippen molar-refractivity contribution in [1.29, 1.82) is 0 Å². The first-order chi connectivity index (χ1) is 7.86. The summed E-state index contributed by atoms with van der Waals surface area (Å²) in [6.07, 6.45) is 8.79. The molecule has 1 aliphatic heterocycles. The van der Waals surface area contributed by atoms with Gasteiger partial charge in [0.2, 0.25) is 5.91 Å². The lowest BCUT2D eigenvalue weighted by Gasteiger charge is -2.28. The highest BCUT2D eigenvalue weighted by Crippen LogP contribution is 2.27. The summed E-state index contributed by atoms with van der Waals surface area (Å²) in [4.78, 5) is 14.0. The standard InChI is InChI=1S/C13H24N2O/c16-13(15-10-8-14-9-11-15)7-6-12-4-2-1-3-5-12/h12,14H,1-11H2. The molecule has 2 aliphatic rings. The average molecular weight is 224 g/mol. The van der Waals surface area contributed by atoms with Crippen molar-refractivity contribution in [2.75, 3.05) is 26.2 Å². The van der Waals surface area contributed by atoms with E-state index in [9.17, 15) is 4.79 Å². The summed E-state index contributed by atoms with van der Waals surface area (Å²) in [7, 11) is 0. The maximum Gasteiger partial charge on any atom is 0.222 e. The molecule has 0 aromatic rings. The van der Waals surface area contributed by atoms with Crippen LogP contribution >= 0.6 is 0 Å². The Labute approximate surface area is 98.6 Å². The van der Waals surface area contributed by atoms with Gasteiger partial charge in [-0.15, -0.1) is 0 Å². The van der Waals surface area contributed by atoms with E-state index in [1.165, 1.54) is 32.1 Å².